The van der Waals surface area contributed by atoms with Crippen molar-refractivity contribution in [3.8, 4) is 10.8 Å². The predicted octanol–water partition coefficient (Wildman–Crippen LogP) is 4.87. The van der Waals surface area contributed by atoms with Gasteiger partial charge >= 0.3 is 0 Å². The molecule has 0 aliphatic heterocycles. The molecule has 0 N–H and O–H groups in total. The van der Waals surface area contributed by atoms with Gasteiger partial charge in [0.15, 0.2) is 0 Å². The van der Waals surface area contributed by atoms with E-state index in [2.05, 4.69) is 36.2 Å². The molecular weight excluding hydrogens is 296 g/mol. The number of hydrogen-bond acceptors (Lipinski definition) is 5. The highest BCUT2D eigenvalue weighted by Crippen LogP contribution is 2.36. The normalized spacial score (nSPS) is 12.1. The molecule has 0 bridgehead atoms. The molecule has 0 amide bonds. The number of fused-ring (bicyclic) bond motifs is 1. The van der Waals surface area contributed by atoms with E-state index in [4.69, 9.17) is 8.83 Å². The van der Waals surface area contributed by atoms with Gasteiger partial charge in [0.1, 0.15) is 5.58 Å². The Morgan fingerprint density at radius 3 is 2.64 bits per heavy atom. The molecule has 0 aliphatic rings. The van der Waals surface area contributed by atoms with Crippen molar-refractivity contribution < 1.29 is 8.83 Å². The molecule has 0 aliphatic carbocycles. The van der Waals surface area contributed by atoms with E-state index in [0.29, 0.717) is 11.8 Å². The van der Waals surface area contributed by atoms with E-state index in [1.165, 1.54) is 0 Å². The first-order valence-corrected chi connectivity index (χ1v) is 7.83. The van der Waals surface area contributed by atoms with Crippen LogP contribution in [0.25, 0.3) is 21.1 Å². The first-order valence-electron chi connectivity index (χ1n) is 7.01. The zero-order valence-corrected chi connectivity index (χ0v) is 13.1. The number of rotatable bonds is 3. The van der Waals surface area contributed by atoms with Crippen LogP contribution in [0.4, 0.5) is 0 Å². The van der Waals surface area contributed by atoms with E-state index < -0.39 is 0 Å². The predicted molar refractivity (Wildman–Crippen MR) is 86.0 cm³/mol. The van der Waals surface area contributed by atoms with Gasteiger partial charge in [-0.3, -0.25) is 0 Å². The van der Waals surface area contributed by atoms with Gasteiger partial charge in [0.05, 0.1) is 21.3 Å². The Morgan fingerprint density at radius 1 is 1.05 bits per heavy atom. The van der Waals surface area contributed by atoms with Crippen LogP contribution in [0.3, 0.4) is 0 Å². The molecular formula is C17H14N2O2S. The lowest BCUT2D eigenvalue weighted by Crippen LogP contribution is -2.19. The first kappa shape index (κ1) is 13.3. The summed E-state index contributed by atoms with van der Waals surface area (Å²) in [6.07, 6.45) is 1.68. The average Bonchev–Trinajstić information content (AvgIpc) is 3.23. The molecule has 0 atom stereocenters. The topological polar surface area (TPSA) is 52.1 Å². The largest absolute Gasteiger partial charge is 0.463 e. The van der Waals surface area contributed by atoms with E-state index in [0.717, 1.165) is 20.7 Å². The molecule has 4 rings (SSSR count). The van der Waals surface area contributed by atoms with Crippen molar-refractivity contribution in [2.75, 3.05) is 0 Å². The molecule has 4 aromatic rings. The Labute approximate surface area is 131 Å². The maximum absolute atomic E-state index is 5.93. The van der Waals surface area contributed by atoms with Crippen molar-refractivity contribution >= 4 is 21.6 Å². The van der Waals surface area contributed by atoms with Crippen LogP contribution < -0.4 is 0 Å². The molecule has 0 spiro atoms. The third-order valence-electron chi connectivity index (χ3n) is 3.81. The van der Waals surface area contributed by atoms with Crippen molar-refractivity contribution in [1.29, 1.82) is 0 Å². The number of hydrogen-bond donors (Lipinski definition) is 0. The van der Waals surface area contributed by atoms with Crippen molar-refractivity contribution in [1.82, 2.24) is 10.2 Å². The Morgan fingerprint density at radius 2 is 1.86 bits per heavy atom. The molecule has 3 heterocycles. The molecule has 4 nitrogen and oxygen atoms in total. The monoisotopic (exact) mass is 310 g/mol. The number of benzene rings is 1. The van der Waals surface area contributed by atoms with Gasteiger partial charge in [-0.05, 0) is 25.5 Å². The van der Waals surface area contributed by atoms with Gasteiger partial charge in [0, 0.05) is 6.07 Å². The fourth-order valence-corrected chi connectivity index (χ4v) is 3.33. The van der Waals surface area contributed by atoms with E-state index >= 15 is 0 Å². The Hall–Kier alpha value is -2.40. The summed E-state index contributed by atoms with van der Waals surface area (Å²) in [7, 11) is 0. The highest BCUT2D eigenvalue weighted by Gasteiger charge is 2.30. The number of aromatic nitrogens is 2. The van der Waals surface area contributed by atoms with E-state index in [1.54, 1.807) is 17.6 Å². The minimum atomic E-state index is -0.330. The van der Waals surface area contributed by atoms with Crippen LogP contribution in [0.2, 0.25) is 0 Å². The quantitative estimate of drug-likeness (QED) is 0.541. The standard InChI is InChI=1S/C17H14N2O2S/c1-17(2,11-6-4-3-5-7-11)16-19-18-15(21-16)14-10-12-13(22-14)8-9-20-12/h3-10H,1-2H3. The third-order valence-corrected chi connectivity index (χ3v) is 4.87. The second-order valence-corrected chi connectivity index (χ2v) is 6.75. The van der Waals surface area contributed by atoms with Crippen LogP contribution in [-0.2, 0) is 5.41 Å². The van der Waals surface area contributed by atoms with Gasteiger partial charge in [-0.1, -0.05) is 30.3 Å². The van der Waals surface area contributed by atoms with Gasteiger partial charge in [-0.25, -0.2) is 0 Å². The van der Waals surface area contributed by atoms with E-state index in [-0.39, 0.29) is 5.41 Å². The third kappa shape index (κ3) is 2.05. The number of furan rings is 1. The molecule has 3 aromatic heterocycles. The molecule has 0 saturated carbocycles. The molecule has 0 radical (unpaired) electrons. The summed E-state index contributed by atoms with van der Waals surface area (Å²) in [4.78, 5) is 0.928. The second kappa shape index (κ2) is 4.81. The van der Waals surface area contributed by atoms with Crippen molar-refractivity contribution in [2.24, 2.45) is 0 Å². The highest BCUT2D eigenvalue weighted by molar-refractivity contribution is 7.22. The lowest BCUT2D eigenvalue weighted by molar-refractivity contribution is 0.420. The van der Waals surface area contributed by atoms with Crippen LogP contribution in [0.1, 0.15) is 25.3 Å². The molecule has 5 heteroatoms. The summed E-state index contributed by atoms with van der Waals surface area (Å²) in [5.74, 6) is 1.15. The highest BCUT2D eigenvalue weighted by atomic mass is 32.1. The SMILES string of the molecule is CC(C)(c1ccccc1)c1nnc(-c2cc3occc3s2)o1. The van der Waals surface area contributed by atoms with Gasteiger partial charge in [-0.15, -0.1) is 21.5 Å². The summed E-state index contributed by atoms with van der Waals surface area (Å²) in [5.41, 5.74) is 1.66. The van der Waals surface area contributed by atoms with Crippen LogP contribution in [0.15, 0.2) is 57.6 Å². The van der Waals surface area contributed by atoms with Crippen LogP contribution in [-0.4, -0.2) is 10.2 Å². The van der Waals surface area contributed by atoms with E-state index in [1.807, 2.05) is 30.3 Å². The molecule has 0 saturated heterocycles. The van der Waals surface area contributed by atoms with E-state index in [9.17, 15) is 0 Å². The van der Waals surface area contributed by atoms with Crippen LogP contribution in [0, 0.1) is 0 Å². The summed E-state index contributed by atoms with van der Waals surface area (Å²) < 4.78 is 12.4. The van der Waals surface area contributed by atoms with Gasteiger partial charge in [0.25, 0.3) is 5.89 Å². The molecule has 1 aromatic carbocycles. The van der Waals surface area contributed by atoms with Gasteiger partial charge in [0.2, 0.25) is 5.89 Å². The summed E-state index contributed by atoms with van der Waals surface area (Å²) in [6.45, 7) is 4.17. The minimum absolute atomic E-state index is 0.330. The Kier molecular flexibility index (Phi) is 2.90. The average molecular weight is 310 g/mol. The van der Waals surface area contributed by atoms with Crippen molar-refractivity contribution in [2.45, 2.75) is 19.3 Å². The Bertz CT molecular complexity index is 890. The van der Waals surface area contributed by atoms with Crippen molar-refractivity contribution in [3.05, 3.63) is 60.2 Å². The van der Waals surface area contributed by atoms with Gasteiger partial charge < -0.3 is 8.83 Å². The zero-order chi connectivity index (χ0) is 15.2. The molecule has 0 fully saturated rings. The van der Waals surface area contributed by atoms with Crippen LogP contribution >= 0.6 is 11.3 Å². The van der Waals surface area contributed by atoms with Gasteiger partial charge in [-0.2, -0.15) is 0 Å². The lowest BCUT2D eigenvalue weighted by atomic mass is 9.85. The lowest BCUT2D eigenvalue weighted by Gasteiger charge is -2.20. The molecule has 0 unspecified atom stereocenters. The molecule has 110 valence electrons. The summed E-state index contributed by atoms with van der Waals surface area (Å²) in [5, 5.41) is 8.46. The number of nitrogens with zero attached hydrogens (tertiary/aromatic N) is 2. The van der Waals surface area contributed by atoms with Crippen molar-refractivity contribution in [3.63, 3.8) is 0 Å². The maximum atomic E-state index is 5.93. The smallest absolute Gasteiger partial charge is 0.257 e. The molecule has 22 heavy (non-hydrogen) atoms. The van der Waals surface area contributed by atoms with Crippen LogP contribution in [0.5, 0.6) is 0 Å². The maximum Gasteiger partial charge on any atom is 0.257 e. The Balaban J connectivity index is 1.73. The fraction of sp³-hybridized carbons (Fsp3) is 0.176. The number of thiophene rings is 1. The first-order chi connectivity index (χ1) is 10.6. The minimum Gasteiger partial charge on any atom is -0.463 e. The summed E-state index contributed by atoms with van der Waals surface area (Å²) in [6, 6.07) is 14.1. The fourth-order valence-electron chi connectivity index (χ4n) is 2.42. The second-order valence-electron chi connectivity index (χ2n) is 5.66. The summed E-state index contributed by atoms with van der Waals surface area (Å²) >= 11 is 1.59. The zero-order valence-electron chi connectivity index (χ0n) is 12.2.